The van der Waals surface area contributed by atoms with E-state index in [4.69, 9.17) is 9.97 Å². The van der Waals surface area contributed by atoms with Crippen LogP contribution < -0.4 is 0 Å². The molecule has 4 nitrogen and oxygen atoms in total. The number of nitrogens with zero attached hydrogens (tertiary/aromatic N) is 2. The molecule has 4 rings (SSSR count). The Morgan fingerprint density at radius 1 is 0.846 bits per heavy atom. The third-order valence-electron chi connectivity index (χ3n) is 6.41. The zero-order chi connectivity index (χ0) is 28.6. The number of aliphatic hydroxyl groups is 1. The average molecular weight is 702 g/mol. The molecule has 0 aliphatic heterocycles. The smallest absolute Gasteiger partial charge is 0.164 e. The first-order chi connectivity index (χ1) is 17.5. The summed E-state index contributed by atoms with van der Waals surface area (Å²) in [6, 6.07) is 16.5. The molecular weight excluding hydrogens is 661 g/mol. The number of carbonyl (C=O) groups is 1. The maximum absolute atomic E-state index is 11.5. The molecule has 1 aromatic heterocycles. The number of benzene rings is 3. The molecule has 1 heterocycles. The van der Waals surface area contributed by atoms with Crippen molar-refractivity contribution < 1.29 is 30.0 Å². The van der Waals surface area contributed by atoms with Gasteiger partial charge in [-0.05, 0) is 42.8 Å². The molecule has 0 fully saturated rings. The van der Waals surface area contributed by atoms with Gasteiger partial charge in [-0.2, -0.15) is 0 Å². The Labute approximate surface area is 247 Å². The predicted octanol–water partition coefficient (Wildman–Crippen LogP) is 8.88. The summed E-state index contributed by atoms with van der Waals surface area (Å²) >= 11 is 0. The van der Waals surface area contributed by atoms with E-state index in [0.29, 0.717) is 0 Å². The van der Waals surface area contributed by atoms with Crippen LogP contribution in [0.4, 0.5) is 0 Å². The van der Waals surface area contributed by atoms with Crippen molar-refractivity contribution in [3.05, 3.63) is 82.4 Å². The number of carbonyl (C=O) groups excluding carboxylic acids is 1. The van der Waals surface area contributed by atoms with E-state index in [0.717, 1.165) is 33.5 Å². The van der Waals surface area contributed by atoms with Crippen LogP contribution in [0.3, 0.4) is 0 Å². The molecule has 209 valence electrons. The maximum Gasteiger partial charge on any atom is 0.164 e. The van der Waals surface area contributed by atoms with Gasteiger partial charge in [0.2, 0.25) is 0 Å². The monoisotopic (exact) mass is 702 g/mol. The van der Waals surface area contributed by atoms with Crippen LogP contribution in [0.1, 0.15) is 69.6 Å². The van der Waals surface area contributed by atoms with Crippen LogP contribution in [0.15, 0.2) is 48.2 Å². The Kier molecular flexibility index (Phi) is 10.0. The first-order valence-corrected chi connectivity index (χ1v) is 13.1. The summed E-state index contributed by atoms with van der Waals surface area (Å²) in [7, 11) is 0. The number of aromatic nitrogens is 2. The van der Waals surface area contributed by atoms with Gasteiger partial charge in [0.15, 0.2) is 5.78 Å². The number of hydrogen-bond acceptors (Lipinski definition) is 4. The van der Waals surface area contributed by atoms with Crippen LogP contribution in [0.25, 0.3) is 32.9 Å². The largest absolute Gasteiger partial charge is 0.512 e. The Morgan fingerprint density at radius 3 is 2.03 bits per heavy atom. The van der Waals surface area contributed by atoms with Crippen molar-refractivity contribution in [1.82, 2.24) is 9.97 Å². The van der Waals surface area contributed by atoms with Crippen molar-refractivity contribution in [3.8, 4) is 11.3 Å². The van der Waals surface area contributed by atoms with Gasteiger partial charge in [0.1, 0.15) is 11.6 Å². The van der Waals surface area contributed by atoms with Crippen LogP contribution in [-0.4, -0.2) is 20.9 Å². The van der Waals surface area contributed by atoms with Crippen molar-refractivity contribution in [2.24, 2.45) is 10.8 Å². The first-order valence-electron chi connectivity index (χ1n) is 13.1. The van der Waals surface area contributed by atoms with Crippen molar-refractivity contribution in [2.45, 2.75) is 76.2 Å². The van der Waals surface area contributed by atoms with E-state index in [-0.39, 0.29) is 37.1 Å². The molecule has 0 bridgehead atoms. The zero-order valence-electron chi connectivity index (χ0n) is 25.1. The molecule has 0 unspecified atom stereocenters. The van der Waals surface area contributed by atoms with Crippen molar-refractivity contribution in [2.75, 3.05) is 0 Å². The normalized spacial score (nSPS) is 12.1. The minimum atomic E-state index is -0.417. The number of hydrogen-bond donors (Lipinski definition) is 1. The Balaban J connectivity index is 0.000000328. The minimum absolute atomic E-state index is 0. The molecule has 0 spiro atoms. The third-order valence-corrected chi connectivity index (χ3v) is 6.41. The molecule has 0 amide bonds. The molecule has 0 aliphatic rings. The van der Waals surface area contributed by atoms with Crippen LogP contribution in [0.5, 0.6) is 0 Å². The summed E-state index contributed by atoms with van der Waals surface area (Å²) in [5, 5.41) is 13.1. The molecule has 1 radical (unpaired) electrons. The Bertz CT molecular complexity index is 1530. The quantitative estimate of drug-likeness (QED) is 0.0982. The number of aliphatic hydroxyl groups excluding tert-OH is 1. The van der Waals surface area contributed by atoms with Gasteiger partial charge in [0, 0.05) is 42.4 Å². The molecular formula is C34H41IrN2O2-. The van der Waals surface area contributed by atoms with Gasteiger partial charge < -0.3 is 5.11 Å². The van der Waals surface area contributed by atoms with Crippen LogP contribution in [0.2, 0.25) is 0 Å². The molecule has 0 saturated carbocycles. The van der Waals surface area contributed by atoms with Gasteiger partial charge >= 0.3 is 0 Å². The SMILES string of the molecule is CC(C)(C)C(=O)C=C(O)C(C)(C)C.Cc1[c-]c(-c2nc(C)nc3c2ccc2cc(C)cc(C)c23)cc(C)c1.[Ir]. The van der Waals surface area contributed by atoms with Gasteiger partial charge in [-0.1, -0.05) is 85.2 Å². The molecule has 0 atom stereocenters. The Morgan fingerprint density at radius 2 is 1.46 bits per heavy atom. The maximum atomic E-state index is 11.5. The molecule has 0 saturated heterocycles. The van der Waals surface area contributed by atoms with Crippen LogP contribution in [-0.2, 0) is 24.9 Å². The fraction of sp³-hybridized carbons (Fsp3) is 0.382. The summed E-state index contributed by atoms with van der Waals surface area (Å²) in [6.45, 7) is 21.6. The summed E-state index contributed by atoms with van der Waals surface area (Å²) < 4.78 is 0. The van der Waals surface area contributed by atoms with Crippen LogP contribution >= 0.6 is 0 Å². The second-order valence-corrected chi connectivity index (χ2v) is 12.4. The minimum Gasteiger partial charge on any atom is -0.512 e. The second-order valence-electron chi connectivity index (χ2n) is 12.4. The molecule has 39 heavy (non-hydrogen) atoms. The van der Waals surface area contributed by atoms with Crippen LogP contribution in [0, 0.1) is 51.5 Å². The van der Waals surface area contributed by atoms with Gasteiger partial charge in [-0.3, -0.25) is 9.78 Å². The first kappa shape index (κ1) is 32.3. The summed E-state index contributed by atoms with van der Waals surface area (Å²) in [6.07, 6.45) is 1.33. The molecule has 1 N–H and O–H groups in total. The van der Waals surface area contributed by atoms with Gasteiger partial charge in [-0.15, -0.1) is 34.9 Å². The van der Waals surface area contributed by atoms with E-state index >= 15 is 0 Å². The second kappa shape index (κ2) is 12.1. The number of ketones is 1. The Hall–Kier alpha value is -2.88. The van der Waals surface area contributed by atoms with Crippen molar-refractivity contribution in [3.63, 3.8) is 0 Å². The molecule has 4 aromatic rings. The number of aryl methyl sites for hydroxylation is 5. The summed E-state index contributed by atoms with van der Waals surface area (Å²) in [5.41, 5.74) is 7.17. The fourth-order valence-electron chi connectivity index (χ4n) is 4.34. The van der Waals surface area contributed by atoms with E-state index in [2.05, 4.69) is 70.2 Å². The average Bonchev–Trinajstić information content (AvgIpc) is 2.76. The van der Waals surface area contributed by atoms with Gasteiger partial charge in [0.25, 0.3) is 0 Å². The molecule has 3 aromatic carbocycles. The topological polar surface area (TPSA) is 63.1 Å². The van der Waals surface area contributed by atoms with E-state index < -0.39 is 5.41 Å². The number of allylic oxidation sites excluding steroid dienone is 2. The van der Waals surface area contributed by atoms with Gasteiger partial charge in [-0.25, -0.2) is 4.98 Å². The fourth-order valence-corrected chi connectivity index (χ4v) is 4.34. The molecule has 0 aliphatic carbocycles. The van der Waals surface area contributed by atoms with E-state index in [1.165, 1.54) is 33.5 Å². The van der Waals surface area contributed by atoms with Crippen molar-refractivity contribution in [1.29, 1.82) is 0 Å². The summed E-state index contributed by atoms with van der Waals surface area (Å²) in [4.78, 5) is 21.1. The predicted molar refractivity (Wildman–Crippen MR) is 160 cm³/mol. The molecule has 5 heteroatoms. The van der Waals surface area contributed by atoms with E-state index in [9.17, 15) is 9.90 Å². The van der Waals surface area contributed by atoms with E-state index in [1.807, 2.05) is 48.5 Å². The van der Waals surface area contributed by atoms with Crippen molar-refractivity contribution >= 4 is 27.5 Å². The standard InChI is InChI=1S/C23H21N2.C11H20O2.Ir/c1-13-8-14(2)12-19(11-13)22-20-7-6-18-10-15(3)9-16(4)21(18)23(20)25-17(5)24-22;1-10(2,3)8(12)7-9(13)11(4,5)6;/h6-11H,1-5H3;7,12H,1-6H3;/q-1;;. The third kappa shape index (κ3) is 7.83. The zero-order valence-corrected chi connectivity index (χ0v) is 27.5. The number of rotatable bonds is 2. The van der Waals surface area contributed by atoms with Gasteiger partial charge in [0.05, 0.1) is 5.52 Å². The number of fused-ring (bicyclic) bond motifs is 3. The summed E-state index contributed by atoms with van der Waals surface area (Å²) in [5.74, 6) is 0.898. The van der Waals surface area contributed by atoms with E-state index in [1.54, 1.807) is 0 Å².